The van der Waals surface area contributed by atoms with Gasteiger partial charge in [0, 0.05) is 18.0 Å². The number of hydrogen-bond donors (Lipinski definition) is 1. The van der Waals surface area contributed by atoms with E-state index in [1.165, 1.54) is 22.6 Å². The first-order chi connectivity index (χ1) is 10.1. The fourth-order valence-electron chi connectivity index (χ4n) is 1.99. The van der Waals surface area contributed by atoms with E-state index in [1.807, 2.05) is 6.07 Å². The fraction of sp³-hybridized carbons (Fsp3) is 0.0667. The lowest BCUT2D eigenvalue weighted by Gasteiger charge is -2.07. The third-order valence-corrected chi connectivity index (χ3v) is 3.31. The molecule has 2 heterocycles. The summed E-state index contributed by atoms with van der Waals surface area (Å²) in [5, 5.41) is 3.11. The predicted molar refractivity (Wildman–Crippen MR) is 80.2 cm³/mol. The van der Waals surface area contributed by atoms with E-state index in [2.05, 4.69) is 10.3 Å². The number of nitrogens with one attached hydrogen (secondary N) is 1. The Hall–Kier alpha value is -2.40. The molecule has 1 aromatic carbocycles. The van der Waals surface area contributed by atoms with Crippen LogP contribution in [0.25, 0.3) is 5.65 Å². The number of fused-ring (bicyclic) bond motifs is 1. The van der Waals surface area contributed by atoms with Crippen LogP contribution < -0.4 is 10.9 Å². The largest absolute Gasteiger partial charge is 0.379 e. The first-order valence-electron chi connectivity index (χ1n) is 6.30. The molecule has 0 atom stereocenters. The molecule has 21 heavy (non-hydrogen) atoms. The van der Waals surface area contributed by atoms with Crippen LogP contribution in [0.2, 0.25) is 5.02 Å². The summed E-state index contributed by atoms with van der Waals surface area (Å²) < 4.78 is 14.5. The first-order valence-corrected chi connectivity index (χ1v) is 6.67. The summed E-state index contributed by atoms with van der Waals surface area (Å²) in [6.45, 7) is 0.350. The van der Waals surface area contributed by atoms with Gasteiger partial charge in [-0.2, -0.15) is 0 Å². The second kappa shape index (κ2) is 5.54. The van der Waals surface area contributed by atoms with Crippen molar-refractivity contribution < 1.29 is 4.39 Å². The van der Waals surface area contributed by atoms with Crippen molar-refractivity contribution in [2.24, 2.45) is 0 Å². The standard InChI is InChI=1S/C15H11ClFN3O/c16-12-7-10(4-5-13(12)17)18-9-11-8-15(21)20-6-2-1-3-14(20)19-11/h1-8,18H,9H2. The SMILES string of the molecule is O=c1cc(CNc2ccc(F)c(Cl)c2)nc2ccccn12. The van der Waals surface area contributed by atoms with E-state index in [0.717, 1.165) is 0 Å². The number of pyridine rings is 1. The van der Waals surface area contributed by atoms with Gasteiger partial charge >= 0.3 is 0 Å². The van der Waals surface area contributed by atoms with Crippen LogP contribution in [0.1, 0.15) is 5.69 Å². The van der Waals surface area contributed by atoms with Crippen LogP contribution >= 0.6 is 11.6 Å². The summed E-state index contributed by atoms with van der Waals surface area (Å²) in [7, 11) is 0. The van der Waals surface area contributed by atoms with Crippen molar-refractivity contribution in [1.29, 1.82) is 0 Å². The summed E-state index contributed by atoms with van der Waals surface area (Å²) in [5.41, 5.74) is 1.71. The zero-order valence-corrected chi connectivity index (χ0v) is 11.6. The molecule has 0 saturated carbocycles. The summed E-state index contributed by atoms with van der Waals surface area (Å²) in [6, 6.07) is 11.2. The van der Waals surface area contributed by atoms with Crippen LogP contribution in [0, 0.1) is 5.82 Å². The topological polar surface area (TPSA) is 46.4 Å². The van der Waals surface area contributed by atoms with Crippen molar-refractivity contribution >= 4 is 22.9 Å². The van der Waals surface area contributed by atoms with E-state index in [1.54, 1.807) is 24.4 Å². The number of nitrogens with zero attached hydrogens (tertiary/aromatic N) is 2. The minimum Gasteiger partial charge on any atom is -0.379 e. The Labute approximate surface area is 124 Å². The number of benzene rings is 1. The first kappa shape index (κ1) is 13.6. The third-order valence-electron chi connectivity index (χ3n) is 3.02. The van der Waals surface area contributed by atoms with E-state index >= 15 is 0 Å². The number of anilines is 1. The molecule has 0 bridgehead atoms. The smallest absolute Gasteiger partial charge is 0.258 e. The van der Waals surface area contributed by atoms with Gasteiger partial charge in [0.25, 0.3) is 5.56 Å². The molecule has 106 valence electrons. The van der Waals surface area contributed by atoms with Crippen LogP contribution in [-0.2, 0) is 6.54 Å². The van der Waals surface area contributed by atoms with Crippen molar-refractivity contribution in [3.05, 3.63) is 75.5 Å². The molecular formula is C15H11ClFN3O. The molecule has 0 aliphatic heterocycles. The molecule has 6 heteroatoms. The Kier molecular flexibility index (Phi) is 3.58. The molecule has 0 radical (unpaired) electrons. The van der Waals surface area contributed by atoms with Crippen LogP contribution in [-0.4, -0.2) is 9.38 Å². The quantitative estimate of drug-likeness (QED) is 0.809. The number of halogens is 2. The lowest BCUT2D eigenvalue weighted by atomic mass is 10.3. The zero-order chi connectivity index (χ0) is 14.8. The van der Waals surface area contributed by atoms with Crippen molar-refractivity contribution in [1.82, 2.24) is 9.38 Å². The normalized spacial score (nSPS) is 10.8. The Morgan fingerprint density at radius 1 is 1.24 bits per heavy atom. The van der Waals surface area contributed by atoms with E-state index in [0.29, 0.717) is 23.6 Å². The molecule has 0 spiro atoms. The summed E-state index contributed by atoms with van der Waals surface area (Å²) in [6.07, 6.45) is 1.67. The Balaban J connectivity index is 1.85. The molecule has 3 aromatic rings. The third kappa shape index (κ3) is 2.87. The molecule has 0 fully saturated rings. The highest BCUT2D eigenvalue weighted by atomic mass is 35.5. The van der Waals surface area contributed by atoms with E-state index in [4.69, 9.17) is 11.6 Å². The van der Waals surface area contributed by atoms with Crippen LogP contribution in [0.5, 0.6) is 0 Å². The number of rotatable bonds is 3. The molecule has 3 rings (SSSR count). The average molecular weight is 304 g/mol. The van der Waals surface area contributed by atoms with Crippen LogP contribution in [0.4, 0.5) is 10.1 Å². The highest BCUT2D eigenvalue weighted by molar-refractivity contribution is 6.31. The maximum absolute atomic E-state index is 13.1. The van der Waals surface area contributed by atoms with Gasteiger partial charge in [0.05, 0.1) is 17.3 Å². The second-order valence-electron chi connectivity index (χ2n) is 4.50. The lowest BCUT2D eigenvalue weighted by molar-refractivity contribution is 0.628. The monoisotopic (exact) mass is 303 g/mol. The molecule has 0 aliphatic rings. The maximum Gasteiger partial charge on any atom is 0.258 e. The second-order valence-corrected chi connectivity index (χ2v) is 4.90. The Morgan fingerprint density at radius 2 is 2.10 bits per heavy atom. The molecular weight excluding hydrogens is 293 g/mol. The van der Waals surface area contributed by atoms with Gasteiger partial charge in [0.15, 0.2) is 0 Å². The number of aromatic nitrogens is 2. The molecule has 0 aliphatic carbocycles. The number of hydrogen-bond acceptors (Lipinski definition) is 3. The molecule has 2 aromatic heterocycles. The van der Waals surface area contributed by atoms with Gasteiger partial charge in [-0.05, 0) is 30.3 Å². The Morgan fingerprint density at radius 3 is 2.90 bits per heavy atom. The summed E-state index contributed by atoms with van der Waals surface area (Å²) >= 11 is 5.71. The summed E-state index contributed by atoms with van der Waals surface area (Å²) in [5.74, 6) is -0.468. The van der Waals surface area contributed by atoms with Gasteiger partial charge in [0.1, 0.15) is 11.5 Å². The molecule has 0 saturated heterocycles. The zero-order valence-electron chi connectivity index (χ0n) is 10.9. The van der Waals surface area contributed by atoms with Crippen molar-refractivity contribution in [2.45, 2.75) is 6.54 Å². The lowest BCUT2D eigenvalue weighted by Crippen LogP contribution is -2.16. The molecule has 4 nitrogen and oxygen atoms in total. The van der Waals surface area contributed by atoms with Crippen LogP contribution in [0.15, 0.2) is 53.5 Å². The minimum atomic E-state index is -0.468. The average Bonchev–Trinajstić information content (AvgIpc) is 2.49. The Bertz CT molecular complexity index is 863. The fourth-order valence-corrected chi connectivity index (χ4v) is 2.17. The van der Waals surface area contributed by atoms with Gasteiger partial charge in [-0.15, -0.1) is 0 Å². The predicted octanol–water partition coefficient (Wildman–Crippen LogP) is 3.10. The maximum atomic E-state index is 13.1. The van der Waals surface area contributed by atoms with E-state index in [9.17, 15) is 9.18 Å². The molecule has 0 amide bonds. The van der Waals surface area contributed by atoms with Gasteiger partial charge in [0.2, 0.25) is 0 Å². The van der Waals surface area contributed by atoms with Gasteiger partial charge < -0.3 is 5.32 Å². The minimum absolute atomic E-state index is 0.0477. The van der Waals surface area contributed by atoms with Gasteiger partial charge in [-0.1, -0.05) is 17.7 Å². The highest BCUT2D eigenvalue weighted by Gasteiger charge is 2.03. The van der Waals surface area contributed by atoms with E-state index in [-0.39, 0.29) is 10.6 Å². The summed E-state index contributed by atoms with van der Waals surface area (Å²) in [4.78, 5) is 16.3. The van der Waals surface area contributed by atoms with Crippen LogP contribution in [0.3, 0.4) is 0 Å². The van der Waals surface area contributed by atoms with Gasteiger partial charge in [-0.3, -0.25) is 9.20 Å². The van der Waals surface area contributed by atoms with E-state index < -0.39 is 5.82 Å². The van der Waals surface area contributed by atoms with Gasteiger partial charge in [-0.25, -0.2) is 9.37 Å². The van der Waals surface area contributed by atoms with Crippen molar-refractivity contribution in [3.8, 4) is 0 Å². The molecule has 1 N–H and O–H groups in total. The van der Waals surface area contributed by atoms with Crippen molar-refractivity contribution in [3.63, 3.8) is 0 Å². The van der Waals surface area contributed by atoms with Crippen molar-refractivity contribution in [2.75, 3.05) is 5.32 Å². The molecule has 0 unspecified atom stereocenters. The highest BCUT2D eigenvalue weighted by Crippen LogP contribution is 2.19.